The lowest BCUT2D eigenvalue weighted by atomic mass is 9.44. The van der Waals surface area contributed by atoms with E-state index in [9.17, 15) is 0 Å². The predicted octanol–water partition coefficient (Wildman–Crippen LogP) is 12.5. The molecule has 3 aromatic rings. The Morgan fingerprint density at radius 1 is 0.672 bits per heavy atom. The zero-order chi connectivity index (χ0) is 42.0. The number of rotatable bonds is 13. The van der Waals surface area contributed by atoms with Crippen molar-refractivity contribution in [1.82, 2.24) is 0 Å². The third-order valence-electron chi connectivity index (χ3n) is 17.4. The van der Waals surface area contributed by atoms with Gasteiger partial charge >= 0.3 is 0 Å². The minimum absolute atomic E-state index is 0.108. The highest BCUT2D eigenvalue weighted by molar-refractivity contribution is 5.26. The van der Waals surface area contributed by atoms with E-state index in [4.69, 9.17) is 28.4 Å². The molecule has 2 bridgehead atoms. The van der Waals surface area contributed by atoms with Crippen LogP contribution in [0.4, 0.5) is 0 Å². The highest BCUT2D eigenvalue weighted by atomic mass is 16.7. The van der Waals surface area contributed by atoms with Gasteiger partial charge < -0.3 is 28.4 Å². The van der Waals surface area contributed by atoms with Gasteiger partial charge in [-0.3, -0.25) is 0 Å². The van der Waals surface area contributed by atoms with Crippen LogP contribution in [0.5, 0.6) is 0 Å². The smallest absolute Gasteiger partial charge is 0.187 e. The van der Waals surface area contributed by atoms with Crippen LogP contribution in [-0.4, -0.2) is 43.4 Å². The van der Waals surface area contributed by atoms with Crippen LogP contribution in [0.1, 0.15) is 134 Å². The molecule has 332 valence electrons. The highest BCUT2D eigenvalue weighted by Gasteiger charge is 2.61. The molecule has 5 fully saturated rings. The molecule has 6 aliphatic rings. The maximum atomic E-state index is 7.28. The van der Waals surface area contributed by atoms with Crippen molar-refractivity contribution in [3.05, 3.63) is 107 Å². The quantitative estimate of drug-likeness (QED) is 0.160. The Morgan fingerprint density at radius 3 is 2.05 bits per heavy atom. The molecule has 0 aromatic heterocycles. The summed E-state index contributed by atoms with van der Waals surface area (Å²) < 4.78 is 41.6. The largest absolute Gasteiger partial charge is 0.374 e. The zero-order valence-electron chi connectivity index (χ0n) is 38.1. The van der Waals surface area contributed by atoms with Crippen molar-refractivity contribution < 1.29 is 28.4 Å². The third-order valence-corrected chi connectivity index (χ3v) is 17.4. The molecule has 4 aliphatic carbocycles. The highest BCUT2D eigenvalue weighted by Crippen LogP contribution is 2.68. The van der Waals surface area contributed by atoms with Crippen LogP contribution in [0.15, 0.2) is 84.9 Å². The summed E-state index contributed by atoms with van der Waals surface area (Å²) in [5, 5.41) is 0. The summed E-state index contributed by atoms with van der Waals surface area (Å²) in [4.78, 5) is 0. The number of benzene rings is 3. The Hall–Kier alpha value is -2.58. The van der Waals surface area contributed by atoms with Gasteiger partial charge in [-0.25, -0.2) is 0 Å². The maximum absolute atomic E-state index is 7.28. The van der Waals surface area contributed by atoms with E-state index < -0.39 is 24.6 Å². The number of ether oxygens (including phenoxy) is 6. The monoisotopic (exact) mass is 833 g/mol. The van der Waals surface area contributed by atoms with Gasteiger partial charge in [-0.05, 0) is 132 Å². The fourth-order valence-electron chi connectivity index (χ4n) is 14.1. The Morgan fingerprint density at radius 2 is 1.33 bits per heavy atom. The lowest BCUT2D eigenvalue weighted by molar-refractivity contribution is -0.340. The predicted molar refractivity (Wildman–Crippen MR) is 241 cm³/mol. The molecule has 1 unspecified atom stereocenters. The van der Waals surface area contributed by atoms with Gasteiger partial charge in [0.25, 0.3) is 0 Å². The van der Waals surface area contributed by atoms with Gasteiger partial charge in [0.1, 0.15) is 24.4 Å². The van der Waals surface area contributed by atoms with Gasteiger partial charge in [-0.1, -0.05) is 139 Å². The molecule has 0 radical (unpaired) electrons. The molecule has 3 aromatic carbocycles. The number of fused-ring (bicyclic) bond motifs is 8. The lowest BCUT2D eigenvalue weighted by Crippen LogP contribution is -2.62. The van der Waals surface area contributed by atoms with Crippen molar-refractivity contribution in [3.8, 4) is 0 Å². The molecule has 9 rings (SSSR count). The van der Waals surface area contributed by atoms with Crippen molar-refractivity contribution in [2.75, 3.05) is 6.61 Å². The van der Waals surface area contributed by atoms with E-state index in [1.165, 1.54) is 64.2 Å². The van der Waals surface area contributed by atoms with E-state index >= 15 is 0 Å². The summed E-state index contributed by atoms with van der Waals surface area (Å²) >= 11 is 0. The van der Waals surface area contributed by atoms with Crippen molar-refractivity contribution >= 4 is 0 Å². The molecule has 0 amide bonds. The van der Waals surface area contributed by atoms with Crippen LogP contribution in [0.3, 0.4) is 0 Å². The normalized spacial score (nSPS) is 37.8. The van der Waals surface area contributed by atoms with Crippen LogP contribution in [0, 0.1) is 52.3 Å². The van der Waals surface area contributed by atoms with E-state index in [-0.39, 0.29) is 12.2 Å². The molecule has 0 N–H and O–H groups in total. The summed E-state index contributed by atoms with van der Waals surface area (Å²) in [6.45, 7) is 15.0. The topological polar surface area (TPSA) is 55.4 Å². The first-order valence-electron chi connectivity index (χ1n) is 24.6. The second kappa shape index (κ2) is 19.3. The summed E-state index contributed by atoms with van der Waals surface area (Å²) in [7, 11) is 0. The van der Waals surface area contributed by atoms with Crippen molar-refractivity contribution in [2.45, 2.75) is 175 Å². The Kier molecular flexibility index (Phi) is 13.8. The summed E-state index contributed by atoms with van der Waals surface area (Å²) in [5.41, 5.74) is 5.40. The van der Waals surface area contributed by atoms with Gasteiger partial charge in [0.05, 0.1) is 39.1 Å². The first-order chi connectivity index (χ1) is 29.7. The SMILES string of the molecule is CC(C)CCC[C@@H](C)[C@H]1CC[C@H]2[C@@H]3CCC4C[C@@H](O[C@@H]5O[C@@H]6COCc7ccccc7CO[C@H]([C@H]5OCc5ccccc5)[C@@H]6OCc5ccccc5)CC[C@]4(C)[C@H]3CC[C@]12C. The van der Waals surface area contributed by atoms with Crippen LogP contribution in [-0.2, 0) is 54.8 Å². The molecule has 14 atom stereocenters. The van der Waals surface area contributed by atoms with Gasteiger partial charge in [-0.2, -0.15) is 0 Å². The Labute approximate surface area is 368 Å². The summed E-state index contributed by atoms with van der Waals surface area (Å²) in [5.74, 6) is 5.88. The van der Waals surface area contributed by atoms with E-state index in [2.05, 4.69) is 113 Å². The fourth-order valence-corrected chi connectivity index (χ4v) is 14.1. The summed E-state index contributed by atoms with van der Waals surface area (Å²) in [6, 6.07) is 29.2. The molecule has 2 aliphatic heterocycles. The van der Waals surface area contributed by atoms with Crippen LogP contribution in [0.2, 0.25) is 0 Å². The minimum Gasteiger partial charge on any atom is -0.374 e. The maximum Gasteiger partial charge on any atom is 0.187 e. The number of hydrogen-bond acceptors (Lipinski definition) is 6. The van der Waals surface area contributed by atoms with E-state index in [1.54, 1.807) is 0 Å². The minimum atomic E-state index is -0.604. The van der Waals surface area contributed by atoms with Crippen molar-refractivity contribution in [3.63, 3.8) is 0 Å². The molecular weight excluding hydrogens is 757 g/mol. The molecule has 4 saturated carbocycles. The van der Waals surface area contributed by atoms with E-state index in [0.29, 0.717) is 49.8 Å². The Balaban J connectivity index is 0.923. The second-order valence-electron chi connectivity index (χ2n) is 21.3. The van der Waals surface area contributed by atoms with E-state index in [0.717, 1.165) is 70.6 Å². The lowest BCUT2D eigenvalue weighted by Gasteiger charge is -2.61. The van der Waals surface area contributed by atoms with Crippen molar-refractivity contribution in [2.24, 2.45) is 52.3 Å². The first kappa shape index (κ1) is 43.7. The van der Waals surface area contributed by atoms with Gasteiger partial charge in [0.2, 0.25) is 0 Å². The van der Waals surface area contributed by atoms with Gasteiger partial charge in [0.15, 0.2) is 6.29 Å². The first-order valence-corrected chi connectivity index (χ1v) is 24.6. The average molecular weight is 833 g/mol. The van der Waals surface area contributed by atoms with Crippen LogP contribution in [0.25, 0.3) is 0 Å². The molecular formula is C55H76O6. The molecule has 1 saturated heterocycles. The number of hydrogen-bond donors (Lipinski definition) is 0. The molecule has 0 spiro atoms. The van der Waals surface area contributed by atoms with Crippen LogP contribution >= 0.6 is 0 Å². The zero-order valence-corrected chi connectivity index (χ0v) is 38.1. The van der Waals surface area contributed by atoms with E-state index in [1.807, 2.05) is 6.07 Å². The third kappa shape index (κ3) is 9.34. The second-order valence-corrected chi connectivity index (χ2v) is 21.3. The molecule has 6 heteroatoms. The van der Waals surface area contributed by atoms with Crippen molar-refractivity contribution in [1.29, 1.82) is 0 Å². The molecule has 6 nitrogen and oxygen atoms in total. The van der Waals surface area contributed by atoms with Crippen LogP contribution < -0.4 is 0 Å². The summed E-state index contributed by atoms with van der Waals surface area (Å²) in [6.07, 6.45) is 13.9. The molecule has 2 heterocycles. The van der Waals surface area contributed by atoms with Gasteiger partial charge in [-0.15, -0.1) is 0 Å². The van der Waals surface area contributed by atoms with Gasteiger partial charge in [0, 0.05) is 0 Å². The fraction of sp³-hybridized carbons (Fsp3) is 0.673. The Bertz CT molecular complexity index is 1830. The standard InChI is InChI=1S/C55H76O6/c1-37(2)15-14-16-38(3)46-25-26-47-45-24-23-43-31-44(27-29-54(43,4)48(45)28-30-55(46,47)5)60-53-52(58-33-40-19-10-7-11-20-40)51-50(57-32-39-17-8-6-9-18-39)49(61-53)36-56-34-41-21-12-13-22-42(41)35-59-51/h6-13,17-22,37-38,43-53H,14-16,23-36H2,1-5H3/t38-,43?,44+,45+,46-,47+,48+,49-,50-,51+,52-,53-,54+,55-/m1/s1. The average Bonchev–Trinajstić information content (AvgIpc) is 3.63. The molecule has 61 heavy (non-hydrogen) atoms.